The number of carbonyl (C=O) groups excluding carboxylic acids is 1. The molecule has 0 N–H and O–H groups in total. The third kappa shape index (κ3) is 1.37. The van der Waals surface area contributed by atoms with E-state index in [0.29, 0.717) is 0 Å². The summed E-state index contributed by atoms with van der Waals surface area (Å²) in [5, 5.41) is 0. The van der Waals surface area contributed by atoms with Crippen LogP contribution >= 0.6 is 0 Å². The fourth-order valence-corrected chi connectivity index (χ4v) is 1.71. The molecule has 0 aliphatic carbocycles. The Kier molecular flexibility index (Phi) is 1.92. The number of likely N-dealkylation sites (N-methyl/N-ethyl adjacent to an activating group) is 1. The highest BCUT2D eigenvalue weighted by Gasteiger charge is 2.19. The number of fused-ring (bicyclic) bond motifs is 1. The van der Waals surface area contributed by atoms with Crippen molar-refractivity contribution in [3.63, 3.8) is 0 Å². The molecule has 13 heavy (non-hydrogen) atoms. The zero-order valence-corrected chi connectivity index (χ0v) is 7.95. The zero-order valence-electron chi connectivity index (χ0n) is 7.95. The van der Waals surface area contributed by atoms with E-state index in [1.165, 1.54) is 0 Å². The third-order valence-electron chi connectivity index (χ3n) is 2.44. The first-order valence-corrected chi connectivity index (χ1v) is 4.43. The molecular formula is C9H13N3O. The Balaban J connectivity index is 2.39. The Labute approximate surface area is 77.2 Å². The molecule has 1 aliphatic rings. The first kappa shape index (κ1) is 8.44. The van der Waals surface area contributed by atoms with E-state index in [-0.39, 0.29) is 5.91 Å². The molecule has 0 aromatic carbocycles. The Bertz CT molecular complexity index is 343. The number of carbonyl (C=O) groups is 1. The molecule has 1 aliphatic heterocycles. The van der Waals surface area contributed by atoms with Gasteiger partial charge in [0, 0.05) is 26.4 Å². The molecule has 2 rings (SSSR count). The number of hydrogen-bond acceptors (Lipinski definition) is 3. The van der Waals surface area contributed by atoms with Crippen molar-refractivity contribution in [3.05, 3.63) is 17.7 Å². The Morgan fingerprint density at radius 3 is 3.08 bits per heavy atom. The number of rotatable bonds is 0. The second-order valence-electron chi connectivity index (χ2n) is 3.51. The molecule has 70 valence electrons. The Morgan fingerprint density at radius 1 is 1.62 bits per heavy atom. The second-order valence-corrected chi connectivity index (χ2v) is 3.51. The molecule has 4 heteroatoms. The third-order valence-corrected chi connectivity index (χ3v) is 2.44. The van der Waals surface area contributed by atoms with E-state index >= 15 is 0 Å². The highest BCUT2D eigenvalue weighted by molar-refractivity contribution is 5.77. The molecule has 0 bridgehead atoms. The molecule has 4 nitrogen and oxygen atoms in total. The van der Waals surface area contributed by atoms with Crippen molar-refractivity contribution in [2.75, 3.05) is 13.6 Å². The van der Waals surface area contributed by atoms with Crippen LogP contribution in [0.2, 0.25) is 0 Å². The summed E-state index contributed by atoms with van der Waals surface area (Å²) < 4.78 is 1.66. The van der Waals surface area contributed by atoms with Crippen molar-refractivity contribution >= 4 is 5.91 Å². The topological polar surface area (TPSA) is 38.1 Å². The number of aromatic nitrogens is 2. The van der Waals surface area contributed by atoms with Gasteiger partial charge in [0.05, 0.1) is 11.4 Å². The van der Waals surface area contributed by atoms with Crippen molar-refractivity contribution in [2.24, 2.45) is 0 Å². The van der Waals surface area contributed by atoms with Crippen LogP contribution in [0.4, 0.5) is 0 Å². The molecule has 2 heterocycles. The maximum Gasteiger partial charge on any atom is 0.228 e. The molecule has 1 aromatic heterocycles. The molecular weight excluding hydrogens is 166 g/mol. The van der Waals surface area contributed by atoms with Gasteiger partial charge in [-0.15, -0.1) is 0 Å². The first-order chi connectivity index (χ1) is 6.18. The molecule has 0 amide bonds. The SMILES string of the molecule is CC(=O)n1cnc2c1CCN(C)C2. The summed E-state index contributed by atoms with van der Waals surface area (Å²) >= 11 is 0. The number of imidazole rings is 1. The van der Waals surface area contributed by atoms with Crippen molar-refractivity contribution in [2.45, 2.75) is 19.9 Å². The first-order valence-electron chi connectivity index (χ1n) is 4.43. The average Bonchev–Trinajstić information content (AvgIpc) is 2.46. The van der Waals surface area contributed by atoms with Gasteiger partial charge >= 0.3 is 0 Å². The van der Waals surface area contributed by atoms with Crippen LogP contribution in [0.1, 0.15) is 23.1 Å². The van der Waals surface area contributed by atoms with Gasteiger partial charge in [-0.25, -0.2) is 4.98 Å². The van der Waals surface area contributed by atoms with E-state index < -0.39 is 0 Å². The maximum absolute atomic E-state index is 11.2. The van der Waals surface area contributed by atoms with Crippen LogP contribution in [0, 0.1) is 0 Å². The van der Waals surface area contributed by atoms with Crippen LogP contribution < -0.4 is 0 Å². The quantitative estimate of drug-likeness (QED) is 0.583. The van der Waals surface area contributed by atoms with Crippen molar-refractivity contribution in [1.29, 1.82) is 0 Å². The minimum absolute atomic E-state index is 0.0540. The lowest BCUT2D eigenvalue weighted by Crippen LogP contribution is -2.28. The predicted molar refractivity (Wildman–Crippen MR) is 48.6 cm³/mol. The van der Waals surface area contributed by atoms with Gasteiger partial charge in [0.15, 0.2) is 0 Å². The average molecular weight is 179 g/mol. The minimum atomic E-state index is 0.0540. The van der Waals surface area contributed by atoms with E-state index in [4.69, 9.17) is 0 Å². The molecule has 0 saturated carbocycles. The summed E-state index contributed by atoms with van der Waals surface area (Å²) in [5.41, 5.74) is 2.13. The number of hydrogen-bond donors (Lipinski definition) is 0. The molecule has 1 aromatic rings. The second kappa shape index (κ2) is 2.96. The van der Waals surface area contributed by atoms with E-state index in [2.05, 4.69) is 16.9 Å². The summed E-state index contributed by atoms with van der Waals surface area (Å²) in [4.78, 5) is 17.6. The van der Waals surface area contributed by atoms with Gasteiger partial charge in [0.25, 0.3) is 0 Å². The standard InChI is InChI=1S/C9H13N3O/c1-7(13)12-6-10-8-5-11(2)4-3-9(8)12/h6H,3-5H2,1-2H3. The lowest BCUT2D eigenvalue weighted by molar-refractivity contribution is 0.0931. The summed E-state index contributed by atoms with van der Waals surface area (Å²) in [6, 6.07) is 0. The van der Waals surface area contributed by atoms with Crippen molar-refractivity contribution < 1.29 is 4.79 Å². The van der Waals surface area contributed by atoms with Gasteiger partial charge in [-0.05, 0) is 7.05 Å². The largest absolute Gasteiger partial charge is 0.300 e. The van der Waals surface area contributed by atoms with Gasteiger partial charge in [-0.2, -0.15) is 0 Å². The van der Waals surface area contributed by atoms with E-state index in [9.17, 15) is 4.79 Å². The van der Waals surface area contributed by atoms with Crippen LogP contribution in [-0.4, -0.2) is 34.0 Å². The van der Waals surface area contributed by atoms with E-state index in [1.54, 1.807) is 17.8 Å². The summed E-state index contributed by atoms with van der Waals surface area (Å²) in [6.45, 7) is 3.43. The van der Waals surface area contributed by atoms with Gasteiger partial charge < -0.3 is 4.90 Å². The molecule has 0 spiro atoms. The summed E-state index contributed by atoms with van der Waals surface area (Å²) in [6.07, 6.45) is 2.55. The van der Waals surface area contributed by atoms with Crippen molar-refractivity contribution in [1.82, 2.24) is 14.5 Å². The Morgan fingerprint density at radius 2 is 2.38 bits per heavy atom. The fraction of sp³-hybridized carbons (Fsp3) is 0.556. The minimum Gasteiger partial charge on any atom is -0.300 e. The van der Waals surface area contributed by atoms with Crippen LogP contribution in [0.25, 0.3) is 0 Å². The summed E-state index contributed by atoms with van der Waals surface area (Å²) in [5.74, 6) is 0.0540. The van der Waals surface area contributed by atoms with Crippen LogP contribution in [0.5, 0.6) is 0 Å². The lowest BCUT2D eigenvalue weighted by Gasteiger charge is -2.21. The lowest BCUT2D eigenvalue weighted by atomic mass is 10.1. The predicted octanol–water partition coefficient (Wildman–Crippen LogP) is 0.531. The molecule has 0 atom stereocenters. The zero-order chi connectivity index (χ0) is 9.42. The van der Waals surface area contributed by atoms with Gasteiger partial charge in [0.1, 0.15) is 6.33 Å². The maximum atomic E-state index is 11.2. The van der Waals surface area contributed by atoms with Crippen LogP contribution in [0.3, 0.4) is 0 Å². The highest BCUT2D eigenvalue weighted by Crippen LogP contribution is 2.15. The van der Waals surface area contributed by atoms with Gasteiger partial charge in [0.2, 0.25) is 5.91 Å². The molecule has 0 saturated heterocycles. The van der Waals surface area contributed by atoms with E-state index in [1.807, 2.05) is 0 Å². The van der Waals surface area contributed by atoms with E-state index in [0.717, 1.165) is 30.9 Å². The Hall–Kier alpha value is -1.16. The van der Waals surface area contributed by atoms with Gasteiger partial charge in [-0.3, -0.25) is 9.36 Å². The monoisotopic (exact) mass is 179 g/mol. The smallest absolute Gasteiger partial charge is 0.228 e. The molecule has 0 fully saturated rings. The fourth-order valence-electron chi connectivity index (χ4n) is 1.71. The van der Waals surface area contributed by atoms with Crippen LogP contribution in [0.15, 0.2) is 6.33 Å². The molecule has 0 radical (unpaired) electrons. The van der Waals surface area contributed by atoms with Crippen LogP contribution in [-0.2, 0) is 13.0 Å². The van der Waals surface area contributed by atoms with Gasteiger partial charge in [-0.1, -0.05) is 0 Å². The highest BCUT2D eigenvalue weighted by atomic mass is 16.1. The van der Waals surface area contributed by atoms with Crippen molar-refractivity contribution in [3.8, 4) is 0 Å². The number of nitrogens with zero attached hydrogens (tertiary/aromatic N) is 3. The molecule has 0 unspecified atom stereocenters. The summed E-state index contributed by atoms with van der Waals surface area (Å²) in [7, 11) is 2.07. The normalized spacial score (nSPS) is 17.1.